The van der Waals surface area contributed by atoms with Crippen LogP contribution in [0.1, 0.15) is 43.9 Å². The fourth-order valence-electron chi connectivity index (χ4n) is 4.70. The van der Waals surface area contributed by atoms with Gasteiger partial charge >= 0.3 is 0 Å². The molecule has 0 fully saturated rings. The maximum absolute atomic E-state index is 13.6. The van der Waals surface area contributed by atoms with Crippen LogP contribution in [0.25, 0.3) is 0 Å². The van der Waals surface area contributed by atoms with Crippen LogP contribution < -0.4 is 20.1 Å². The molecule has 1 aromatic heterocycles. The van der Waals surface area contributed by atoms with Gasteiger partial charge in [0.25, 0.3) is 5.91 Å². The topological polar surface area (TPSA) is 89.5 Å². The maximum Gasteiger partial charge on any atom is 0.255 e. The van der Waals surface area contributed by atoms with Crippen molar-refractivity contribution in [1.29, 1.82) is 0 Å². The van der Waals surface area contributed by atoms with E-state index >= 15 is 0 Å². The molecule has 1 aromatic carbocycles. The minimum atomic E-state index is -0.522. The number of aromatic nitrogens is 1. The van der Waals surface area contributed by atoms with Crippen molar-refractivity contribution in [2.24, 2.45) is 5.92 Å². The van der Waals surface area contributed by atoms with E-state index in [9.17, 15) is 9.59 Å². The summed E-state index contributed by atoms with van der Waals surface area (Å²) in [6.45, 7) is 5.81. The van der Waals surface area contributed by atoms with Crippen molar-refractivity contribution in [3.63, 3.8) is 0 Å². The van der Waals surface area contributed by atoms with Crippen LogP contribution in [0.4, 0.5) is 5.82 Å². The third-order valence-electron chi connectivity index (χ3n) is 6.15. The van der Waals surface area contributed by atoms with E-state index in [1.54, 1.807) is 26.4 Å². The maximum atomic E-state index is 13.6. The number of ketones is 1. The average Bonchev–Trinajstić information content (AvgIpc) is 2.77. The second-order valence-corrected chi connectivity index (χ2v) is 8.66. The molecule has 1 amide bonds. The molecule has 2 heterocycles. The zero-order valence-corrected chi connectivity index (χ0v) is 19.6. The molecule has 0 spiro atoms. The van der Waals surface area contributed by atoms with Gasteiger partial charge in [-0.2, -0.15) is 0 Å². The number of methoxy groups -OCH3 is 2. The Labute approximate surface area is 193 Å². The Morgan fingerprint density at radius 1 is 1.09 bits per heavy atom. The molecule has 7 heteroatoms. The molecule has 7 nitrogen and oxygen atoms in total. The Hall–Kier alpha value is -3.61. The van der Waals surface area contributed by atoms with Crippen molar-refractivity contribution >= 4 is 17.5 Å². The summed E-state index contributed by atoms with van der Waals surface area (Å²) in [5.41, 5.74) is 4.35. The number of Topliss-reactive ketones (excluding diaryl/α,β-unsaturated/α-hetero) is 1. The number of hydrogen-bond donors (Lipinski definition) is 2. The van der Waals surface area contributed by atoms with Crippen LogP contribution in [-0.4, -0.2) is 30.9 Å². The lowest BCUT2D eigenvalue weighted by atomic mass is 9.73. The van der Waals surface area contributed by atoms with Crippen molar-refractivity contribution in [3.8, 4) is 11.5 Å². The summed E-state index contributed by atoms with van der Waals surface area (Å²) in [7, 11) is 3.15. The van der Waals surface area contributed by atoms with Crippen LogP contribution >= 0.6 is 0 Å². The van der Waals surface area contributed by atoms with Crippen LogP contribution in [0.15, 0.2) is 58.9 Å². The monoisotopic (exact) mass is 447 g/mol. The third-order valence-corrected chi connectivity index (χ3v) is 6.15. The van der Waals surface area contributed by atoms with E-state index in [2.05, 4.69) is 22.5 Å². The van der Waals surface area contributed by atoms with Crippen LogP contribution in [0.3, 0.4) is 0 Å². The fraction of sp³-hybridized carbons (Fsp3) is 0.346. The van der Waals surface area contributed by atoms with E-state index in [1.165, 1.54) is 0 Å². The molecule has 0 radical (unpaired) electrons. The molecule has 2 atom stereocenters. The number of nitrogens with zero attached hydrogens (tertiary/aromatic N) is 1. The zero-order valence-electron chi connectivity index (χ0n) is 19.6. The van der Waals surface area contributed by atoms with Crippen LogP contribution in [0.5, 0.6) is 11.5 Å². The van der Waals surface area contributed by atoms with Crippen LogP contribution in [0, 0.1) is 12.8 Å². The standard InChI is InChI=1S/C26H29N3O4/c1-14-11-18-25(19(30)12-14)24(17-9-10-20(32-4)21(13-17)33-5)23(16(3)28-18)26(31)29-22-8-6-7-15(2)27-22/h6-10,13-14,24,28H,11-12H2,1-5H3,(H,27,29,31)/t14-,24-/m1/s1. The summed E-state index contributed by atoms with van der Waals surface area (Å²) in [6, 6.07) is 11.0. The number of dihydropyridines is 1. The molecule has 33 heavy (non-hydrogen) atoms. The van der Waals surface area contributed by atoms with Gasteiger partial charge in [0, 0.05) is 40.6 Å². The molecule has 0 saturated carbocycles. The number of nitrogens with one attached hydrogen (secondary N) is 2. The van der Waals surface area contributed by atoms with Gasteiger partial charge in [-0.25, -0.2) is 4.98 Å². The number of anilines is 1. The zero-order chi connectivity index (χ0) is 23.7. The number of hydrogen-bond acceptors (Lipinski definition) is 6. The van der Waals surface area contributed by atoms with Gasteiger partial charge in [-0.1, -0.05) is 19.1 Å². The molecule has 4 rings (SSSR count). The van der Waals surface area contributed by atoms with Crippen LogP contribution in [-0.2, 0) is 9.59 Å². The van der Waals surface area contributed by atoms with E-state index in [4.69, 9.17) is 9.47 Å². The summed E-state index contributed by atoms with van der Waals surface area (Å²) < 4.78 is 10.9. The molecule has 2 aliphatic rings. The number of carbonyl (C=O) groups is 2. The molecule has 2 aromatic rings. The highest BCUT2D eigenvalue weighted by molar-refractivity contribution is 6.09. The minimum absolute atomic E-state index is 0.0579. The van der Waals surface area contributed by atoms with Crippen molar-refractivity contribution in [2.45, 2.75) is 39.5 Å². The lowest BCUT2D eigenvalue weighted by molar-refractivity contribution is -0.117. The first-order valence-electron chi connectivity index (χ1n) is 11.0. The minimum Gasteiger partial charge on any atom is -0.493 e. The summed E-state index contributed by atoms with van der Waals surface area (Å²) in [4.78, 5) is 31.2. The predicted molar refractivity (Wildman–Crippen MR) is 126 cm³/mol. The quantitative estimate of drug-likeness (QED) is 0.712. The second kappa shape index (κ2) is 9.10. The normalized spacial score (nSPS) is 20.2. The number of rotatable bonds is 5. The first-order chi connectivity index (χ1) is 15.8. The molecule has 0 bridgehead atoms. The van der Waals surface area contributed by atoms with Gasteiger partial charge in [-0.15, -0.1) is 0 Å². The SMILES string of the molecule is COc1ccc([C@@H]2C(C(=O)Nc3cccc(C)n3)=C(C)NC3=C2C(=O)C[C@H](C)C3)cc1OC. The molecular weight excluding hydrogens is 418 g/mol. The summed E-state index contributed by atoms with van der Waals surface area (Å²) in [5, 5.41) is 6.27. The van der Waals surface area contributed by atoms with Crippen molar-refractivity contribution in [1.82, 2.24) is 10.3 Å². The van der Waals surface area contributed by atoms with Gasteiger partial charge in [0.2, 0.25) is 0 Å². The Kier molecular flexibility index (Phi) is 6.22. The smallest absolute Gasteiger partial charge is 0.255 e. The third kappa shape index (κ3) is 4.35. The molecule has 172 valence electrons. The van der Waals surface area contributed by atoms with Gasteiger partial charge in [-0.05, 0) is 56.0 Å². The molecule has 0 unspecified atom stereocenters. The Balaban J connectivity index is 1.83. The van der Waals surface area contributed by atoms with Gasteiger partial charge < -0.3 is 20.1 Å². The predicted octanol–water partition coefficient (Wildman–Crippen LogP) is 4.26. The highest BCUT2D eigenvalue weighted by atomic mass is 16.5. The van der Waals surface area contributed by atoms with Gasteiger partial charge in [0.15, 0.2) is 17.3 Å². The fourth-order valence-corrected chi connectivity index (χ4v) is 4.70. The largest absolute Gasteiger partial charge is 0.493 e. The van der Waals surface area contributed by atoms with E-state index in [-0.39, 0.29) is 17.6 Å². The van der Waals surface area contributed by atoms with Gasteiger partial charge in [-0.3, -0.25) is 9.59 Å². The highest BCUT2D eigenvalue weighted by Gasteiger charge is 2.40. The highest BCUT2D eigenvalue weighted by Crippen LogP contribution is 2.45. The van der Waals surface area contributed by atoms with Crippen LogP contribution in [0.2, 0.25) is 0 Å². The number of pyridine rings is 1. The van der Waals surface area contributed by atoms with Gasteiger partial charge in [0.05, 0.1) is 14.2 Å². The molecule has 1 aliphatic heterocycles. The number of aryl methyl sites for hydroxylation is 1. The van der Waals surface area contributed by atoms with E-state index < -0.39 is 5.92 Å². The summed E-state index contributed by atoms with van der Waals surface area (Å²) >= 11 is 0. The average molecular weight is 448 g/mol. The summed E-state index contributed by atoms with van der Waals surface area (Å²) in [6.07, 6.45) is 1.22. The molecule has 0 saturated heterocycles. The van der Waals surface area contributed by atoms with Crippen molar-refractivity contribution in [2.75, 3.05) is 19.5 Å². The lowest BCUT2D eigenvalue weighted by Crippen LogP contribution is -2.37. The first-order valence-corrected chi connectivity index (χ1v) is 11.0. The Bertz CT molecular complexity index is 1180. The van der Waals surface area contributed by atoms with Crippen molar-refractivity contribution in [3.05, 3.63) is 70.2 Å². The number of amides is 1. The molecule has 1 aliphatic carbocycles. The summed E-state index contributed by atoms with van der Waals surface area (Å²) in [5.74, 6) is 1.09. The number of allylic oxidation sites excluding steroid dienone is 3. The van der Waals surface area contributed by atoms with E-state index in [0.29, 0.717) is 34.9 Å². The Morgan fingerprint density at radius 2 is 1.85 bits per heavy atom. The van der Waals surface area contributed by atoms with E-state index in [1.807, 2.05) is 38.1 Å². The number of carbonyl (C=O) groups excluding carboxylic acids is 2. The number of ether oxygens (including phenoxy) is 2. The molecular formula is C26H29N3O4. The van der Waals surface area contributed by atoms with E-state index in [0.717, 1.165) is 29.1 Å². The van der Waals surface area contributed by atoms with Crippen molar-refractivity contribution < 1.29 is 19.1 Å². The number of benzene rings is 1. The van der Waals surface area contributed by atoms with Gasteiger partial charge in [0.1, 0.15) is 5.82 Å². The Morgan fingerprint density at radius 3 is 2.55 bits per heavy atom. The lowest BCUT2D eigenvalue weighted by Gasteiger charge is -2.36. The first kappa shape index (κ1) is 22.6. The molecule has 2 N–H and O–H groups in total. The second-order valence-electron chi connectivity index (χ2n) is 8.66.